The van der Waals surface area contributed by atoms with Crippen LogP contribution < -0.4 is 4.90 Å². The highest BCUT2D eigenvalue weighted by molar-refractivity contribution is 5.69. The highest BCUT2D eigenvalue weighted by atomic mass is 16.3. The summed E-state index contributed by atoms with van der Waals surface area (Å²) < 4.78 is 1.84. The number of nitrogens with zero attached hydrogens (tertiary/aromatic N) is 6. The van der Waals surface area contributed by atoms with Gasteiger partial charge < -0.3 is 14.6 Å². The van der Waals surface area contributed by atoms with Gasteiger partial charge in [-0.05, 0) is 51.1 Å². The lowest BCUT2D eigenvalue weighted by Crippen LogP contribution is -2.54. The van der Waals surface area contributed by atoms with Gasteiger partial charge in [0, 0.05) is 48.7 Å². The minimum Gasteiger partial charge on any atom is -0.507 e. The first-order chi connectivity index (χ1) is 14.4. The number of phenols is 1. The fraction of sp³-hybridized carbons (Fsp3) is 0.348. The second kappa shape index (κ2) is 6.95. The average Bonchev–Trinajstić information content (AvgIpc) is 3.33. The smallest absolute Gasteiger partial charge is 0.151 e. The van der Waals surface area contributed by atoms with Gasteiger partial charge >= 0.3 is 0 Å². The Balaban J connectivity index is 1.35. The molecule has 0 saturated carbocycles. The fourth-order valence-corrected chi connectivity index (χ4v) is 4.68. The first-order valence-corrected chi connectivity index (χ1v) is 10.3. The second-order valence-corrected chi connectivity index (χ2v) is 8.55. The third-order valence-electron chi connectivity index (χ3n) is 6.76. The quantitative estimate of drug-likeness (QED) is 0.676. The number of benzene rings is 1. The summed E-state index contributed by atoms with van der Waals surface area (Å²) in [5.41, 5.74) is 2.27. The van der Waals surface area contributed by atoms with E-state index < -0.39 is 0 Å². The van der Waals surface area contributed by atoms with Crippen LogP contribution >= 0.6 is 0 Å². The van der Waals surface area contributed by atoms with E-state index in [0.717, 1.165) is 24.3 Å². The molecule has 1 saturated heterocycles. The summed E-state index contributed by atoms with van der Waals surface area (Å²) in [5, 5.41) is 19.4. The van der Waals surface area contributed by atoms with Crippen molar-refractivity contribution < 1.29 is 5.11 Å². The Labute approximate surface area is 176 Å². The lowest BCUT2D eigenvalue weighted by molar-refractivity contribution is 0.103. The predicted octanol–water partition coefficient (Wildman–Crippen LogP) is 3.26. The SMILES string of the molecule is CN(c1ccc(-c2ccc(-n3ccnc3)cc2O)nn1)[C@H]1C[C@@H]2C=C[C@](C)(C1)N2C. The van der Waals surface area contributed by atoms with Gasteiger partial charge in [0.1, 0.15) is 5.75 Å². The van der Waals surface area contributed by atoms with Gasteiger partial charge in [-0.2, -0.15) is 0 Å². The van der Waals surface area contributed by atoms with E-state index in [0.29, 0.717) is 23.3 Å². The number of anilines is 1. The van der Waals surface area contributed by atoms with Crippen molar-refractivity contribution in [2.75, 3.05) is 19.0 Å². The van der Waals surface area contributed by atoms with E-state index in [1.807, 2.05) is 35.0 Å². The van der Waals surface area contributed by atoms with E-state index in [1.165, 1.54) is 0 Å². The van der Waals surface area contributed by atoms with Crippen LogP contribution in [-0.2, 0) is 0 Å². The Morgan fingerprint density at radius 1 is 1.20 bits per heavy atom. The summed E-state index contributed by atoms with van der Waals surface area (Å²) in [6, 6.07) is 10.3. The molecule has 2 bridgehead atoms. The Bertz CT molecular complexity index is 1080. The molecule has 3 aromatic rings. The largest absolute Gasteiger partial charge is 0.507 e. The summed E-state index contributed by atoms with van der Waals surface area (Å²) >= 11 is 0. The van der Waals surface area contributed by atoms with Crippen LogP contribution in [0.2, 0.25) is 0 Å². The van der Waals surface area contributed by atoms with Crippen molar-refractivity contribution >= 4 is 5.82 Å². The summed E-state index contributed by atoms with van der Waals surface area (Å²) in [5.74, 6) is 1.02. The zero-order valence-corrected chi connectivity index (χ0v) is 17.5. The fourth-order valence-electron chi connectivity index (χ4n) is 4.68. The van der Waals surface area contributed by atoms with Crippen LogP contribution in [0.1, 0.15) is 19.8 Å². The molecule has 0 amide bonds. The van der Waals surface area contributed by atoms with Gasteiger partial charge in [-0.3, -0.25) is 4.90 Å². The van der Waals surface area contributed by atoms with Crippen LogP contribution in [0.4, 0.5) is 5.82 Å². The second-order valence-electron chi connectivity index (χ2n) is 8.55. The zero-order chi connectivity index (χ0) is 20.9. The van der Waals surface area contributed by atoms with Crippen LogP contribution in [0.3, 0.4) is 0 Å². The number of rotatable bonds is 4. The molecule has 7 nitrogen and oxygen atoms in total. The molecule has 5 rings (SSSR count). The number of piperidine rings is 1. The third kappa shape index (κ3) is 3.06. The summed E-state index contributed by atoms with van der Waals surface area (Å²) in [6.07, 6.45) is 12.1. The molecule has 1 N–H and O–H groups in total. The van der Waals surface area contributed by atoms with Gasteiger partial charge in [-0.15, -0.1) is 10.2 Å². The lowest BCUT2D eigenvalue weighted by Gasteiger charge is -2.46. The molecule has 0 spiro atoms. The number of hydrogen-bond donors (Lipinski definition) is 1. The van der Waals surface area contributed by atoms with Gasteiger partial charge in [-0.1, -0.05) is 12.2 Å². The first kappa shape index (κ1) is 18.8. The molecule has 2 aliphatic rings. The predicted molar refractivity (Wildman–Crippen MR) is 117 cm³/mol. The molecule has 1 aromatic carbocycles. The van der Waals surface area contributed by atoms with Gasteiger partial charge in [0.2, 0.25) is 0 Å². The number of hydrogen-bond acceptors (Lipinski definition) is 6. The van der Waals surface area contributed by atoms with Crippen LogP contribution in [0, 0.1) is 0 Å². The number of aromatic nitrogens is 4. The van der Waals surface area contributed by atoms with Crippen molar-refractivity contribution in [3.63, 3.8) is 0 Å². The minimum absolute atomic E-state index is 0.109. The number of aromatic hydroxyl groups is 1. The Morgan fingerprint density at radius 2 is 2.07 bits per heavy atom. The standard InChI is InChI=1S/C23H26N6O/c1-23-9-8-16(28(23)3)12-18(14-23)27(2)22-7-6-20(25-26-22)19-5-4-17(13-21(19)30)29-11-10-24-15-29/h4-11,13,15-16,18,30H,12,14H2,1-3H3/t16-,18-,23+/m0/s1. The molecule has 154 valence electrons. The summed E-state index contributed by atoms with van der Waals surface area (Å²) in [6.45, 7) is 2.30. The van der Waals surface area contributed by atoms with Crippen molar-refractivity contribution in [3.8, 4) is 22.7 Å². The normalized spacial score (nSPS) is 25.6. The molecule has 3 atom stereocenters. The molecule has 4 heterocycles. The average molecular weight is 403 g/mol. The Morgan fingerprint density at radius 3 is 2.73 bits per heavy atom. The third-order valence-corrected chi connectivity index (χ3v) is 6.76. The number of imidazole rings is 1. The molecule has 0 radical (unpaired) electrons. The van der Waals surface area contributed by atoms with E-state index in [1.54, 1.807) is 18.6 Å². The van der Waals surface area contributed by atoms with Crippen molar-refractivity contribution in [2.24, 2.45) is 0 Å². The molecule has 30 heavy (non-hydrogen) atoms. The molecule has 1 fully saturated rings. The van der Waals surface area contributed by atoms with E-state index in [2.05, 4.69) is 58.2 Å². The van der Waals surface area contributed by atoms with Gasteiger partial charge in [-0.25, -0.2) is 4.98 Å². The number of fused-ring (bicyclic) bond motifs is 2. The van der Waals surface area contributed by atoms with E-state index >= 15 is 0 Å². The molecule has 7 heteroatoms. The van der Waals surface area contributed by atoms with Gasteiger partial charge in [0.15, 0.2) is 5.82 Å². The van der Waals surface area contributed by atoms with Crippen molar-refractivity contribution in [2.45, 2.75) is 37.4 Å². The lowest BCUT2D eigenvalue weighted by atomic mass is 9.86. The van der Waals surface area contributed by atoms with Crippen LogP contribution in [0.15, 0.2) is 61.2 Å². The molecular weight excluding hydrogens is 376 g/mol. The van der Waals surface area contributed by atoms with E-state index in [4.69, 9.17) is 0 Å². The monoisotopic (exact) mass is 402 g/mol. The van der Waals surface area contributed by atoms with Crippen molar-refractivity contribution in [3.05, 3.63) is 61.2 Å². The maximum atomic E-state index is 10.5. The highest BCUT2D eigenvalue weighted by Crippen LogP contribution is 2.40. The van der Waals surface area contributed by atoms with E-state index in [9.17, 15) is 5.11 Å². The van der Waals surface area contributed by atoms with Crippen LogP contribution in [0.25, 0.3) is 16.9 Å². The Kier molecular flexibility index (Phi) is 4.36. The topological polar surface area (TPSA) is 70.3 Å². The van der Waals surface area contributed by atoms with E-state index in [-0.39, 0.29) is 11.3 Å². The van der Waals surface area contributed by atoms with Crippen molar-refractivity contribution in [1.82, 2.24) is 24.6 Å². The van der Waals surface area contributed by atoms with Crippen molar-refractivity contribution in [1.29, 1.82) is 0 Å². The number of likely N-dealkylation sites (N-methyl/N-ethyl adjacent to an activating group) is 1. The Hall–Kier alpha value is -3.19. The summed E-state index contributed by atoms with van der Waals surface area (Å²) in [4.78, 5) is 8.74. The zero-order valence-electron chi connectivity index (χ0n) is 17.5. The maximum absolute atomic E-state index is 10.5. The maximum Gasteiger partial charge on any atom is 0.151 e. The number of phenolic OH excluding ortho intramolecular Hbond substituents is 1. The first-order valence-electron chi connectivity index (χ1n) is 10.3. The highest BCUT2D eigenvalue weighted by Gasteiger charge is 2.44. The molecule has 2 aromatic heterocycles. The molecule has 0 aliphatic carbocycles. The summed E-state index contributed by atoms with van der Waals surface area (Å²) in [7, 11) is 4.31. The van der Waals surface area contributed by atoms with Crippen LogP contribution in [0.5, 0.6) is 5.75 Å². The van der Waals surface area contributed by atoms with Crippen LogP contribution in [-0.4, -0.2) is 61.5 Å². The minimum atomic E-state index is 0.109. The van der Waals surface area contributed by atoms with Gasteiger partial charge in [0.05, 0.1) is 17.7 Å². The van der Waals surface area contributed by atoms with Gasteiger partial charge in [0.25, 0.3) is 0 Å². The molecular formula is C23H26N6O. The molecule has 0 unspecified atom stereocenters. The molecule has 2 aliphatic heterocycles.